The van der Waals surface area contributed by atoms with E-state index in [1.165, 1.54) is 10.8 Å². The number of fused-ring (bicyclic) bond motifs is 1. The summed E-state index contributed by atoms with van der Waals surface area (Å²) in [6.07, 6.45) is 1.59. The van der Waals surface area contributed by atoms with E-state index in [9.17, 15) is 14.7 Å². The number of aryl methyl sites for hydroxylation is 1. The van der Waals surface area contributed by atoms with E-state index < -0.39 is 28.7 Å². The maximum absolute atomic E-state index is 12.4. The van der Waals surface area contributed by atoms with Gasteiger partial charge in [0.25, 0.3) is 5.56 Å². The molecule has 0 unspecified atom stereocenters. The van der Waals surface area contributed by atoms with Crippen LogP contribution in [0.25, 0.3) is 0 Å². The van der Waals surface area contributed by atoms with E-state index in [0.717, 1.165) is 5.56 Å². The third-order valence-corrected chi connectivity index (χ3v) is 5.83. The summed E-state index contributed by atoms with van der Waals surface area (Å²) in [4.78, 5) is 31.9. The summed E-state index contributed by atoms with van der Waals surface area (Å²) < 4.78 is 14.0. The molecule has 0 bridgehead atoms. The predicted octanol–water partition coefficient (Wildman–Crippen LogP) is 0.376. The van der Waals surface area contributed by atoms with E-state index >= 15 is 0 Å². The summed E-state index contributed by atoms with van der Waals surface area (Å²) in [5.41, 5.74) is 1.25. The normalized spacial score (nSPS) is 29.4. The smallest absolute Gasteiger partial charge is 0.330 e. The van der Waals surface area contributed by atoms with Crippen molar-refractivity contribution in [3.05, 3.63) is 68.5 Å². The molecule has 2 fully saturated rings. The van der Waals surface area contributed by atoms with Gasteiger partial charge in [-0.15, -0.1) is 0 Å². The van der Waals surface area contributed by atoms with E-state index in [1.807, 2.05) is 30.3 Å². The highest BCUT2D eigenvalue weighted by Crippen LogP contribution is 2.49. The average Bonchev–Trinajstić information content (AvgIpc) is 2.94. The number of nitrogens with one attached hydrogen (secondary N) is 2. The van der Waals surface area contributed by atoms with Crippen LogP contribution in [0, 0.1) is 6.92 Å². The van der Waals surface area contributed by atoms with Gasteiger partial charge in [0.1, 0.15) is 17.4 Å². The van der Waals surface area contributed by atoms with Crippen molar-refractivity contribution in [3.8, 4) is 0 Å². The number of aromatic nitrogens is 2. The van der Waals surface area contributed by atoms with E-state index in [0.29, 0.717) is 31.6 Å². The minimum absolute atomic E-state index is 0.200. The maximum atomic E-state index is 12.4. The number of ether oxygens (including phenoxy) is 2. The third-order valence-electron chi connectivity index (χ3n) is 5.83. The van der Waals surface area contributed by atoms with Crippen LogP contribution in [-0.2, 0) is 20.9 Å². The van der Waals surface area contributed by atoms with Crippen molar-refractivity contribution in [3.63, 3.8) is 0 Å². The van der Waals surface area contributed by atoms with Gasteiger partial charge in [-0.05, 0) is 12.5 Å². The number of rotatable bonds is 5. The summed E-state index contributed by atoms with van der Waals surface area (Å²) in [5.74, 6) is 0. The molecule has 156 valence electrons. The highest BCUT2D eigenvalue weighted by Gasteiger charge is 2.61. The number of benzene rings is 1. The molecule has 2 saturated heterocycles. The van der Waals surface area contributed by atoms with Crippen molar-refractivity contribution < 1.29 is 19.4 Å². The first-order valence-corrected chi connectivity index (χ1v) is 9.62. The van der Waals surface area contributed by atoms with E-state index in [4.69, 9.17) is 14.3 Å². The first-order chi connectivity index (χ1) is 14.0. The van der Waals surface area contributed by atoms with E-state index in [2.05, 4.69) is 10.5 Å². The molecule has 0 spiro atoms. The highest BCUT2D eigenvalue weighted by molar-refractivity contribution is 5.16. The fourth-order valence-electron chi connectivity index (χ4n) is 4.12. The van der Waals surface area contributed by atoms with Crippen LogP contribution in [0.3, 0.4) is 0 Å². The quantitative estimate of drug-likeness (QED) is 0.661. The van der Waals surface area contributed by atoms with Crippen molar-refractivity contribution >= 4 is 0 Å². The molecule has 0 saturated carbocycles. The largest absolute Gasteiger partial charge is 0.393 e. The lowest BCUT2D eigenvalue weighted by Gasteiger charge is -2.41. The Morgan fingerprint density at radius 1 is 1.31 bits per heavy atom. The van der Waals surface area contributed by atoms with E-state index in [1.54, 1.807) is 6.92 Å². The standard InChI is InChI=1S/C20H25N3O6/c1-14-10-23(18(26)22-17(14)25)16-9-19(27-11-15-5-3-2-4-6-15)7-8-28-21-12-20(19,13-24)29-16/h2-6,10,16,21,24H,7-9,11-13H2,1H3,(H,22,25,26)/t16-,19+,20-/m1/s1. The molecule has 2 aromatic rings. The zero-order valence-electron chi connectivity index (χ0n) is 16.2. The SMILES string of the molecule is Cc1cn([C@H]2C[C@@]3(OCc4ccccc4)CCONC[C@]3(CO)O2)c(=O)[nH]c1=O. The Balaban J connectivity index is 1.70. The fourth-order valence-corrected chi connectivity index (χ4v) is 4.12. The molecular weight excluding hydrogens is 378 g/mol. The number of aromatic amines is 1. The molecule has 3 heterocycles. The summed E-state index contributed by atoms with van der Waals surface area (Å²) >= 11 is 0. The molecule has 2 aliphatic rings. The Kier molecular flexibility index (Phi) is 5.41. The lowest BCUT2D eigenvalue weighted by molar-refractivity contribution is -0.186. The Labute approximate surface area is 167 Å². The van der Waals surface area contributed by atoms with Crippen molar-refractivity contribution in [1.82, 2.24) is 15.0 Å². The van der Waals surface area contributed by atoms with Crippen molar-refractivity contribution in [2.45, 2.75) is 43.8 Å². The summed E-state index contributed by atoms with van der Waals surface area (Å²) in [5, 5.41) is 10.3. The molecule has 3 atom stereocenters. The van der Waals surface area contributed by atoms with Crippen LogP contribution in [0.15, 0.2) is 46.1 Å². The first kappa shape index (κ1) is 20.0. The third kappa shape index (κ3) is 3.56. The van der Waals surface area contributed by atoms with Gasteiger partial charge in [0.2, 0.25) is 0 Å². The Hall–Kier alpha value is -2.30. The van der Waals surface area contributed by atoms with Gasteiger partial charge in [-0.25, -0.2) is 4.79 Å². The second-order valence-corrected chi connectivity index (χ2v) is 7.60. The Morgan fingerprint density at radius 3 is 2.86 bits per heavy atom. The van der Waals surface area contributed by atoms with Gasteiger partial charge in [0.15, 0.2) is 0 Å². The zero-order chi connectivity index (χ0) is 20.5. The monoisotopic (exact) mass is 403 g/mol. The summed E-state index contributed by atoms with van der Waals surface area (Å²) in [7, 11) is 0. The molecule has 1 aromatic heterocycles. The predicted molar refractivity (Wildman–Crippen MR) is 103 cm³/mol. The van der Waals surface area contributed by atoms with Gasteiger partial charge in [0, 0.05) is 24.6 Å². The van der Waals surface area contributed by atoms with Gasteiger partial charge >= 0.3 is 5.69 Å². The lowest BCUT2D eigenvalue weighted by Crippen LogP contribution is -2.59. The molecule has 4 rings (SSSR count). The summed E-state index contributed by atoms with van der Waals surface area (Å²) in [6, 6.07) is 9.73. The van der Waals surface area contributed by atoms with Crippen molar-refractivity contribution in [2.75, 3.05) is 19.8 Å². The number of hydrogen-bond acceptors (Lipinski definition) is 7. The molecule has 9 nitrogen and oxygen atoms in total. The van der Waals surface area contributed by atoms with Crippen LogP contribution < -0.4 is 16.7 Å². The first-order valence-electron chi connectivity index (χ1n) is 9.62. The topological polar surface area (TPSA) is 115 Å². The lowest BCUT2D eigenvalue weighted by atomic mass is 9.80. The second kappa shape index (κ2) is 7.85. The second-order valence-electron chi connectivity index (χ2n) is 7.60. The van der Waals surface area contributed by atoms with Gasteiger partial charge in [-0.2, -0.15) is 5.48 Å². The highest BCUT2D eigenvalue weighted by atomic mass is 16.7. The van der Waals surface area contributed by atoms with Gasteiger partial charge in [-0.1, -0.05) is 30.3 Å². The van der Waals surface area contributed by atoms with Crippen LogP contribution in [0.5, 0.6) is 0 Å². The molecule has 0 amide bonds. The van der Waals surface area contributed by atoms with Crippen molar-refractivity contribution in [2.24, 2.45) is 0 Å². The fraction of sp³-hybridized carbons (Fsp3) is 0.500. The van der Waals surface area contributed by atoms with E-state index in [-0.39, 0.29) is 13.2 Å². The van der Waals surface area contributed by atoms with Crippen LogP contribution in [-0.4, -0.2) is 45.6 Å². The summed E-state index contributed by atoms with van der Waals surface area (Å²) in [6.45, 7) is 2.21. The van der Waals surface area contributed by atoms with Crippen molar-refractivity contribution in [1.29, 1.82) is 0 Å². The van der Waals surface area contributed by atoms with Gasteiger partial charge in [0.05, 0.1) is 26.4 Å². The maximum Gasteiger partial charge on any atom is 0.330 e. The molecule has 29 heavy (non-hydrogen) atoms. The van der Waals surface area contributed by atoms with Gasteiger partial charge < -0.3 is 19.4 Å². The number of hydrogen-bond donors (Lipinski definition) is 3. The number of aliphatic hydroxyl groups excluding tert-OH is 1. The molecule has 0 radical (unpaired) electrons. The van der Waals surface area contributed by atoms with Crippen LogP contribution in [0.4, 0.5) is 0 Å². The Bertz CT molecular complexity index is 974. The Morgan fingerprint density at radius 2 is 2.10 bits per heavy atom. The zero-order valence-corrected chi connectivity index (χ0v) is 16.2. The molecule has 9 heteroatoms. The van der Waals surface area contributed by atoms with Crippen LogP contribution in [0.2, 0.25) is 0 Å². The molecular formula is C20H25N3O6. The molecule has 1 aromatic carbocycles. The number of nitrogens with zero attached hydrogens (tertiary/aromatic N) is 1. The van der Waals surface area contributed by atoms with Gasteiger partial charge in [-0.3, -0.25) is 14.3 Å². The molecule has 0 aliphatic carbocycles. The minimum Gasteiger partial charge on any atom is -0.393 e. The van der Waals surface area contributed by atoms with Crippen LogP contribution >= 0.6 is 0 Å². The molecule has 3 N–H and O–H groups in total. The van der Waals surface area contributed by atoms with Crippen LogP contribution in [0.1, 0.15) is 30.2 Å². The number of H-pyrrole nitrogens is 1. The average molecular weight is 403 g/mol. The number of aliphatic hydroxyl groups is 1. The number of hydroxylamine groups is 1. The molecule has 2 aliphatic heterocycles. The minimum atomic E-state index is -1.10.